The number of carbonyl (C=O) groups is 1. The van der Waals surface area contributed by atoms with E-state index < -0.39 is 0 Å². The second kappa shape index (κ2) is 6.84. The number of carbonyl (C=O) groups excluding carboxylic acids is 1. The summed E-state index contributed by atoms with van der Waals surface area (Å²) in [7, 11) is 0. The van der Waals surface area contributed by atoms with Crippen LogP contribution in [0.4, 0.5) is 0 Å². The summed E-state index contributed by atoms with van der Waals surface area (Å²) < 4.78 is 11.4. The zero-order valence-corrected chi connectivity index (χ0v) is 13.5. The summed E-state index contributed by atoms with van der Waals surface area (Å²) in [5, 5.41) is 3.28. The molecule has 22 heavy (non-hydrogen) atoms. The van der Waals surface area contributed by atoms with Gasteiger partial charge in [0, 0.05) is 6.54 Å². The lowest BCUT2D eigenvalue weighted by Gasteiger charge is -2.44. The second-order valence-electron chi connectivity index (χ2n) is 6.40. The Balaban J connectivity index is 1.54. The van der Waals surface area contributed by atoms with Gasteiger partial charge in [0.2, 0.25) is 5.91 Å². The van der Waals surface area contributed by atoms with Gasteiger partial charge in [0.05, 0.1) is 31.3 Å². The van der Waals surface area contributed by atoms with E-state index in [9.17, 15) is 4.79 Å². The van der Waals surface area contributed by atoms with Gasteiger partial charge in [-0.25, -0.2) is 0 Å². The lowest BCUT2D eigenvalue weighted by atomic mass is 9.90. The molecule has 1 aromatic rings. The van der Waals surface area contributed by atoms with Crippen molar-refractivity contribution in [2.75, 3.05) is 19.7 Å². The van der Waals surface area contributed by atoms with Crippen molar-refractivity contribution < 1.29 is 13.9 Å². The first-order chi connectivity index (χ1) is 10.6. The Morgan fingerprint density at radius 1 is 1.41 bits per heavy atom. The van der Waals surface area contributed by atoms with E-state index in [4.69, 9.17) is 9.15 Å². The number of hydrogen-bond acceptors (Lipinski definition) is 4. The van der Waals surface area contributed by atoms with Crippen LogP contribution in [0.25, 0.3) is 0 Å². The SMILES string of the molecule is Cc1ccc([C@H](C)NCC(=O)N2CCO[C@H]3CCCC[C@H]32)o1. The molecule has 0 bridgehead atoms. The van der Waals surface area contributed by atoms with E-state index in [1.54, 1.807) is 0 Å². The van der Waals surface area contributed by atoms with E-state index in [2.05, 4.69) is 5.32 Å². The molecule has 1 N–H and O–H groups in total. The molecule has 0 radical (unpaired) electrons. The van der Waals surface area contributed by atoms with E-state index in [1.165, 1.54) is 12.8 Å². The molecule has 0 spiro atoms. The number of amides is 1. The highest BCUT2D eigenvalue weighted by Crippen LogP contribution is 2.28. The minimum absolute atomic E-state index is 0.0424. The van der Waals surface area contributed by atoms with Crippen molar-refractivity contribution in [2.24, 2.45) is 0 Å². The fourth-order valence-electron chi connectivity index (χ4n) is 3.53. The Labute approximate surface area is 132 Å². The Morgan fingerprint density at radius 3 is 3.00 bits per heavy atom. The number of morpholine rings is 1. The molecule has 2 heterocycles. The number of nitrogens with zero attached hydrogens (tertiary/aromatic N) is 1. The van der Waals surface area contributed by atoms with Crippen molar-refractivity contribution in [2.45, 2.75) is 57.7 Å². The zero-order valence-electron chi connectivity index (χ0n) is 13.5. The fourth-order valence-corrected chi connectivity index (χ4v) is 3.53. The first kappa shape index (κ1) is 15.6. The smallest absolute Gasteiger partial charge is 0.236 e. The molecular weight excluding hydrogens is 280 g/mol. The van der Waals surface area contributed by atoms with Crippen LogP contribution in [0.5, 0.6) is 0 Å². The van der Waals surface area contributed by atoms with Gasteiger partial charge in [-0.05, 0) is 38.8 Å². The molecule has 3 rings (SSSR count). The molecule has 5 heteroatoms. The Bertz CT molecular complexity index is 512. The third-order valence-electron chi connectivity index (χ3n) is 4.80. The number of hydrogen-bond donors (Lipinski definition) is 1. The number of ether oxygens (including phenoxy) is 1. The van der Waals surface area contributed by atoms with Crippen LogP contribution < -0.4 is 5.32 Å². The molecule has 0 aromatic carbocycles. The zero-order chi connectivity index (χ0) is 15.5. The summed E-state index contributed by atoms with van der Waals surface area (Å²) in [4.78, 5) is 14.6. The van der Waals surface area contributed by atoms with Gasteiger partial charge in [0.1, 0.15) is 11.5 Å². The maximum Gasteiger partial charge on any atom is 0.236 e. The largest absolute Gasteiger partial charge is 0.465 e. The minimum atomic E-state index is 0.0424. The monoisotopic (exact) mass is 306 g/mol. The van der Waals surface area contributed by atoms with Crippen molar-refractivity contribution in [1.29, 1.82) is 0 Å². The van der Waals surface area contributed by atoms with Gasteiger partial charge in [-0.15, -0.1) is 0 Å². The molecule has 2 fully saturated rings. The third-order valence-corrected chi connectivity index (χ3v) is 4.80. The van der Waals surface area contributed by atoms with Crippen LogP contribution in [0.1, 0.15) is 50.2 Å². The molecular formula is C17H26N2O3. The van der Waals surface area contributed by atoms with Crippen LogP contribution in [-0.2, 0) is 9.53 Å². The number of rotatable bonds is 4. The maximum atomic E-state index is 12.6. The highest BCUT2D eigenvalue weighted by atomic mass is 16.5. The summed E-state index contributed by atoms with van der Waals surface area (Å²) in [6, 6.07) is 4.23. The molecule has 1 amide bonds. The molecule has 1 aromatic heterocycles. The molecule has 1 aliphatic heterocycles. The Hall–Kier alpha value is -1.33. The summed E-state index contributed by atoms with van der Waals surface area (Å²) in [5.41, 5.74) is 0. The van der Waals surface area contributed by atoms with E-state index >= 15 is 0 Å². The first-order valence-corrected chi connectivity index (χ1v) is 8.36. The van der Waals surface area contributed by atoms with E-state index in [0.717, 1.165) is 30.9 Å². The summed E-state index contributed by atoms with van der Waals surface area (Å²) in [5.74, 6) is 1.95. The van der Waals surface area contributed by atoms with Crippen molar-refractivity contribution in [3.63, 3.8) is 0 Å². The molecule has 3 atom stereocenters. The molecule has 122 valence electrons. The number of furan rings is 1. The number of aryl methyl sites for hydroxylation is 1. The fraction of sp³-hybridized carbons (Fsp3) is 0.706. The van der Waals surface area contributed by atoms with Crippen LogP contribution in [-0.4, -0.2) is 42.6 Å². The second-order valence-corrected chi connectivity index (χ2v) is 6.40. The van der Waals surface area contributed by atoms with Gasteiger partial charge in [0.15, 0.2) is 0 Å². The maximum absolute atomic E-state index is 12.6. The van der Waals surface area contributed by atoms with Crippen LogP contribution in [0.3, 0.4) is 0 Å². The Morgan fingerprint density at radius 2 is 2.23 bits per heavy atom. The lowest BCUT2D eigenvalue weighted by Crippen LogP contribution is -2.56. The van der Waals surface area contributed by atoms with E-state index in [0.29, 0.717) is 13.2 Å². The van der Waals surface area contributed by atoms with Crippen LogP contribution >= 0.6 is 0 Å². The van der Waals surface area contributed by atoms with Crippen molar-refractivity contribution >= 4 is 5.91 Å². The van der Waals surface area contributed by atoms with Crippen molar-refractivity contribution in [3.8, 4) is 0 Å². The summed E-state index contributed by atoms with van der Waals surface area (Å²) >= 11 is 0. The summed E-state index contributed by atoms with van der Waals surface area (Å²) in [6.07, 6.45) is 4.82. The van der Waals surface area contributed by atoms with E-state index in [1.807, 2.05) is 30.9 Å². The predicted octanol–water partition coefficient (Wildman–Crippen LogP) is 2.41. The van der Waals surface area contributed by atoms with Crippen LogP contribution in [0.2, 0.25) is 0 Å². The van der Waals surface area contributed by atoms with Crippen LogP contribution in [0, 0.1) is 6.92 Å². The van der Waals surface area contributed by atoms with E-state index in [-0.39, 0.29) is 24.1 Å². The molecule has 5 nitrogen and oxygen atoms in total. The Kier molecular flexibility index (Phi) is 4.84. The quantitative estimate of drug-likeness (QED) is 0.928. The van der Waals surface area contributed by atoms with Crippen molar-refractivity contribution in [1.82, 2.24) is 10.2 Å². The average Bonchev–Trinajstić information content (AvgIpc) is 2.98. The van der Waals surface area contributed by atoms with Gasteiger partial charge < -0.3 is 14.1 Å². The molecule has 1 aliphatic carbocycles. The average molecular weight is 306 g/mol. The molecule has 0 unspecified atom stereocenters. The van der Waals surface area contributed by atoms with Gasteiger partial charge in [-0.1, -0.05) is 12.8 Å². The molecule has 1 saturated carbocycles. The highest BCUT2D eigenvalue weighted by Gasteiger charge is 2.36. The van der Waals surface area contributed by atoms with Gasteiger partial charge in [0.25, 0.3) is 0 Å². The topological polar surface area (TPSA) is 54.7 Å². The number of fused-ring (bicyclic) bond motifs is 1. The third kappa shape index (κ3) is 3.36. The normalized spacial score (nSPS) is 26.5. The van der Waals surface area contributed by atoms with Crippen molar-refractivity contribution in [3.05, 3.63) is 23.7 Å². The lowest BCUT2D eigenvalue weighted by molar-refractivity contribution is -0.148. The standard InChI is InChI=1S/C17H26N2O3/c1-12-7-8-15(22-12)13(2)18-11-17(20)19-9-10-21-16-6-4-3-5-14(16)19/h7-8,13-14,16,18H,3-6,9-11H2,1-2H3/t13-,14+,16-/m0/s1. The molecule has 1 saturated heterocycles. The highest BCUT2D eigenvalue weighted by molar-refractivity contribution is 5.78. The van der Waals surface area contributed by atoms with Crippen LogP contribution in [0.15, 0.2) is 16.5 Å². The predicted molar refractivity (Wildman–Crippen MR) is 83.6 cm³/mol. The summed E-state index contributed by atoms with van der Waals surface area (Å²) in [6.45, 7) is 5.69. The first-order valence-electron chi connectivity index (χ1n) is 8.36. The minimum Gasteiger partial charge on any atom is -0.465 e. The number of nitrogens with one attached hydrogen (secondary N) is 1. The molecule has 2 aliphatic rings. The van der Waals surface area contributed by atoms with Gasteiger partial charge >= 0.3 is 0 Å². The van der Waals surface area contributed by atoms with Gasteiger partial charge in [-0.3, -0.25) is 10.1 Å². The van der Waals surface area contributed by atoms with Gasteiger partial charge in [-0.2, -0.15) is 0 Å².